The number of pyridine rings is 1. The summed E-state index contributed by atoms with van der Waals surface area (Å²) in [5.74, 6) is 2.49. The Kier molecular flexibility index (Phi) is 10.1. The molecule has 0 N–H and O–H groups in total. The van der Waals surface area contributed by atoms with Crippen molar-refractivity contribution in [3.05, 3.63) is 130 Å². The predicted octanol–water partition coefficient (Wildman–Crippen LogP) is 14.0. The zero-order valence-corrected chi connectivity index (χ0v) is 36.0. The minimum Gasteiger partial charge on any atom is -0.457 e. The van der Waals surface area contributed by atoms with Crippen LogP contribution in [0.4, 0.5) is 0 Å². The van der Waals surface area contributed by atoms with E-state index in [1.54, 1.807) is 0 Å². The molecular weight excluding hydrogens is 685 g/mol. The minimum absolute atomic E-state index is 0.0454. The first-order valence-electron chi connectivity index (χ1n) is 20.4. The average molecular weight is 745 g/mol. The smallest absolute Gasteiger partial charge is 0.137 e. The number of hydrogen-bond donors (Lipinski definition) is 0. The van der Waals surface area contributed by atoms with Gasteiger partial charge >= 0.3 is 0 Å². The van der Waals surface area contributed by atoms with Gasteiger partial charge in [0.15, 0.2) is 0 Å². The Morgan fingerprint density at radius 3 is 1.98 bits per heavy atom. The summed E-state index contributed by atoms with van der Waals surface area (Å²) < 4.78 is 11.3. The van der Waals surface area contributed by atoms with E-state index in [4.69, 9.17) is 14.8 Å². The van der Waals surface area contributed by atoms with Gasteiger partial charge in [-0.2, -0.15) is 5.10 Å². The van der Waals surface area contributed by atoms with Gasteiger partial charge in [0, 0.05) is 40.4 Å². The van der Waals surface area contributed by atoms with Crippen LogP contribution in [0.2, 0.25) is 0 Å². The maximum Gasteiger partial charge on any atom is 0.137 e. The van der Waals surface area contributed by atoms with E-state index < -0.39 is 0 Å². The van der Waals surface area contributed by atoms with E-state index in [0.29, 0.717) is 0 Å². The third-order valence-electron chi connectivity index (χ3n) is 11.2. The Bertz CT molecular complexity index is 2540. The molecule has 7 rings (SSSR count). The Morgan fingerprint density at radius 1 is 0.643 bits per heavy atom. The lowest BCUT2D eigenvalue weighted by Gasteiger charge is -2.31. The number of hydrogen-bond acceptors (Lipinski definition) is 3. The average Bonchev–Trinajstić information content (AvgIpc) is 3.61. The standard InChI is InChI=1S/C51H60N4O/c1-14-15-18-35-23-24-52-46(27-35)54-44-20-17-16-19-40(44)41-22-21-38(31-45(41)54)56-39-29-36(49(5,6)7)28-37(30-39)55-34(4)47(33(3)53-55)48-42(50(8,9)10)25-32(2)26-43(48)51(11,12)13/h16-17,19-31H,14-15,18H2,1-13H3. The first-order chi connectivity index (χ1) is 26.3. The Morgan fingerprint density at radius 2 is 1.32 bits per heavy atom. The van der Waals surface area contributed by atoms with E-state index in [1.807, 2.05) is 6.20 Å². The Labute approximate surface area is 334 Å². The van der Waals surface area contributed by atoms with Gasteiger partial charge in [0.25, 0.3) is 0 Å². The molecular formula is C51H60N4O. The van der Waals surface area contributed by atoms with Gasteiger partial charge in [-0.3, -0.25) is 4.57 Å². The van der Waals surface area contributed by atoms with E-state index in [9.17, 15) is 0 Å². The molecule has 3 aromatic heterocycles. The molecule has 0 aliphatic rings. The lowest BCUT2D eigenvalue weighted by Crippen LogP contribution is -2.20. The van der Waals surface area contributed by atoms with E-state index in [0.717, 1.165) is 64.7 Å². The fraction of sp³-hybridized carbons (Fsp3) is 0.373. The number of rotatable bonds is 8. The molecule has 0 unspecified atom stereocenters. The van der Waals surface area contributed by atoms with Crippen molar-refractivity contribution in [2.75, 3.05) is 0 Å². The largest absolute Gasteiger partial charge is 0.457 e. The van der Waals surface area contributed by atoms with Crippen LogP contribution >= 0.6 is 0 Å². The van der Waals surface area contributed by atoms with Crippen LogP contribution in [0.25, 0.3) is 44.4 Å². The normalized spacial score (nSPS) is 12.6. The number of nitrogens with zero attached hydrogens (tertiary/aromatic N) is 4. The summed E-state index contributed by atoms with van der Waals surface area (Å²) in [5.41, 5.74) is 14.2. The van der Waals surface area contributed by atoms with Gasteiger partial charge in [0.05, 0.1) is 22.4 Å². The van der Waals surface area contributed by atoms with Gasteiger partial charge in [-0.25, -0.2) is 9.67 Å². The zero-order chi connectivity index (χ0) is 40.3. The highest BCUT2D eigenvalue weighted by atomic mass is 16.5. The molecule has 0 spiro atoms. The van der Waals surface area contributed by atoms with Crippen molar-refractivity contribution in [2.45, 2.75) is 126 Å². The molecule has 7 aromatic rings. The van der Waals surface area contributed by atoms with Gasteiger partial charge in [-0.05, 0) is 120 Å². The van der Waals surface area contributed by atoms with Crippen LogP contribution in [-0.2, 0) is 22.7 Å². The van der Waals surface area contributed by atoms with Crippen molar-refractivity contribution >= 4 is 21.8 Å². The van der Waals surface area contributed by atoms with Crippen LogP contribution < -0.4 is 4.74 Å². The Balaban J connectivity index is 1.37. The molecule has 0 fully saturated rings. The summed E-state index contributed by atoms with van der Waals surface area (Å²) in [5, 5.41) is 7.66. The molecule has 4 aromatic carbocycles. The summed E-state index contributed by atoms with van der Waals surface area (Å²) in [6.07, 6.45) is 5.31. The second kappa shape index (κ2) is 14.4. The lowest BCUT2D eigenvalue weighted by atomic mass is 9.73. The molecule has 5 nitrogen and oxygen atoms in total. The fourth-order valence-electron chi connectivity index (χ4n) is 8.21. The van der Waals surface area contributed by atoms with Gasteiger partial charge < -0.3 is 4.74 Å². The number of fused-ring (bicyclic) bond motifs is 3. The molecule has 0 aliphatic heterocycles. The number of unbranched alkanes of at least 4 members (excludes halogenated alkanes) is 1. The molecule has 0 saturated heterocycles. The number of benzene rings is 4. The SMILES string of the molecule is CCCCc1ccnc(-n2c3ccccc3c3ccc(Oc4cc(-n5nc(C)c(-c6c(C(C)(C)C)cc(C)cc6C(C)(C)C)c5C)cc(C(C)(C)C)c4)cc32)c1. The van der Waals surface area contributed by atoms with Gasteiger partial charge in [-0.15, -0.1) is 0 Å². The molecule has 0 amide bonds. The highest BCUT2D eigenvalue weighted by molar-refractivity contribution is 6.09. The quantitative estimate of drug-likeness (QED) is 0.156. The van der Waals surface area contributed by atoms with E-state index in [2.05, 4.69) is 184 Å². The van der Waals surface area contributed by atoms with E-state index in [1.165, 1.54) is 49.7 Å². The minimum atomic E-state index is -0.117. The molecule has 0 aliphatic carbocycles. The third kappa shape index (κ3) is 7.41. The van der Waals surface area contributed by atoms with Crippen molar-refractivity contribution in [3.8, 4) is 34.1 Å². The highest BCUT2D eigenvalue weighted by Gasteiger charge is 2.30. The molecule has 0 atom stereocenters. The van der Waals surface area contributed by atoms with Crippen molar-refractivity contribution < 1.29 is 4.74 Å². The van der Waals surface area contributed by atoms with Crippen LogP contribution in [-0.4, -0.2) is 19.3 Å². The topological polar surface area (TPSA) is 44.9 Å². The van der Waals surface area contributed by atoms with Crippen LogP contribution in [0.15, 0.2) is 91.1 Å². The maximum absolute atomic E-state index is 6.88. The number of ether oxygens (including phenoxy) is 1. The van der Waals surface area contributed by atoms with Crippen LogP contribution in [0, 0.1) is 20.8 Å². The van der Waals surface area contributed by atoms with Crippen LogP contribution in [0.1, 0.15) is 121 Å². The van der Waals surface area contributed by atoms with E-state index in [-0.39, 0.29) is 16.2 Å². The fourth-order valence-corrected chi connectivity index (χ4v) is 8.21. The van der Waals surface area contributed by atoms with Crippen molar-refractivity contribution in [2.24, 2.45) is 0 Å². The first-order valence-corrected chi connectivity index (χ1v) is 20.4. The summed E-state index contributed by atoms with van der Waals surface area (Å²) in [6.45, 7) is 29.5. The second-order valence-electron chi connectivity index (χ2n) is 18.9. The summed E-state index contributed by atoms with van der Waals surface area (Å²) in [4.78, 5) is 4.88. The summed E-state index contributed by atoms with van der Waals surface area (Å²) >= 11 is 0. The number of aromatic nitrogens is 4. The van der Waals surface area contributed by atoms with Crippen molar-refractivity contribution in [1.82, 2.24) is 19.3 Å². The van der Waals surface area contributed by atoms with Crippen LogP contribution in [0.3, 0.4) is 0 Å². The molecule has 0 saturated carbocycles. The molecule has 56 heavy (non-hydrogen) atoms. The van der Waals surface area contributed by atoms with Gasteiger partial charge in [-0.1, -0.05) is 112 Å². The number of para-hydroxylation sites is 1. The van der Waals surface area contributed by atoms with Gasteiger partial charge in [0.2, 0.25) is 0 Å². The molecule has 5 heteroatoms. The monoisotopic (exact) mass is 744 g/mol. The van der Waals surface area contributed by atoms with Crippen molar-refractivity contribution in [1.29, 1.82) is 0 Å². The number of aryl methyl sites for hydroxylation is 3. The molecule has 0 radical (unpaired) electrons. The summed E-state index contributed by atoms with van der Waals surface area (Å²) in [7, 11) is 0. The maximum atomic E-state index is 6.88. The third-order valence-corrected chi connectivity index (χ3v) is 11.2. The van der Waals surface area contributed by atoms with Gasteiger partial charge in [0.1, 0.15) is 17.3 Å². The van der Waals surface area contributed by atoms with E-state index >= 15 is 0 Å². The molecule has 0 bridgehead atoms. The summed E-state index contributed by atoms with van der Waals surface area (Å²) in [6, 6.07) is 30.8. The highest BCUT2D eigenvalue weighted by Crippen LogP contribution is 2.44. The lowest BCUT2D eigenvalue weighted by molar-refractivity contribution is 0.478. The second-order valence-corrected chi connectivity index (χ2v) is 18.9. The van der Waals surface area contributed by atoms with Crippen LogP contribution in [0.5, 0.6) is 11.5 Å². The molecule has 3 heterocycles. The molecule has 290 valence electrons. The predicted molar refractivity (Wildman–Crippen MR) is 237 cm³/mol. The Hall–Kier alpha value is -5.16. The van der Waals surface area contributed by atoms with Crippen molar-refractivity contribution in [3.63, 3.8) is 0 Å². The zero-order valence-electron chi connectivity index (χ0n) is 36.0. The first kappa shape index (κ1) is 39.1.